The van der Waals surface area contributed by atoms with Crippen LogP contribution >= 0.6 is 0 Å². The van der Waals surface area contributed by atoms with Gasteiger partial charge in [-0.2, -0.15) is 5.26 Å². The molecule has 0 aliphatic heterocycles. The lowest BCUT2D eigenvalue weighted by molar-refractivity contribution is -0.115. The molecule has 1 N–H and O–H groups in total. The van der Waals surface area contributed by atoms with Gasteiger partial charge < -0.3 is 10.1 Å². The third-order valence-corrected chi connectivity index (χ3v) is 1.80. The summed E-state index contributed by atoms with van der Waals surface area (Å²) in [5.74, 6) is 0.438. The van der Waals surface area contributed by atoms with E-state index in [2.05, 4.69) is 5.32 Å². The maximum absolute atomic E-state index is 11.2. The maximum atomic E-state index is 11.2. The molecule has 0 bridgehead atoms. The molecule has 0 heterocycles. The number of ether oxygens (including phenoxy) is 1. The zero-order chi connectivity index (χ0) is 12.9. The molecule has 4 nitrogen and oxygen atoms in total. The number of amides is 1. The first kappa shape index (κ1) is 13.0. The first-order chi connectivity index (χ1) is 7.90. The van der Waals surface area contributed by atoms with Crippen LogP contribution in [0.4, 0.5) is 5.69 Å². The fraction of sp³-hybridized carbons (Fsp3) is 0.385. The Bertz CT molecular complexity index is 424. The van der Waals surface area contributed by atoms with E-state index in [1.165, 1.54) is 0 Å². The van der Waals surface area contributed by atoms with Gasteiger partial charge in [-0.1, -0.05) is 0 Å². The molecule has 0 spiro atoms. The van der Waals surface area contributed by atoms with Crippen LogP contribution in [0.25, 0.3) is 0 Å². The van der Waals surface area contributed by atoms with Crippen molar-refractivity contribution in [1.82, 2.24) is 0 Å². The van der Waals surface area contributed by atoms with Crippen molar-refractivity contribution in [2.24, 2.45) is 0 Å². The van der Waals surface area contributed by atoms with Crippen molar-refractivity contribution < 1.29 is 9.53 Å². The Labute approximate surface area is 101 Å². The quantitative estimate of drug-likeness (QED) is 0.871. The summed E-state index contributed by atoms with van der Waals surface area (Å²) >= 11 is 0. The number of anilines is 1. The van der Waals surface area contributed by atoms with Gasteiger partial charge in [0.15, 0.2) is 0 Å². The number of nitrogens with one attached hydrogen (secondary N) is 1. The number of rotatable bonds is 3. The van der Waals surface area contributed by atoms with Gasteiger partial charge in [-0.15, -0.1) is 0 Å². The number of carbonyl (C=O) groups excluding carboxylic acids is 1. The maximum Gasteiger partial charge on any atom is 0.238 e. The fourth-order valence-electron chi connectivity index (χ4n) is 1.24. The normalized spacial score (nSPS) is 10.5. The fourth-order valence-corrected chi connectivity index (χ4v) is 1.24. The van der Waals surface area contributed by atoms with E-state index in [4.69, 9.17) is 10.00 Å². The molecule has 0 atom stereocenters. The Kier molecular flexibility index (Phi) is 4.11. The Hall–Kier alpha value is -2.02. The predicted octanol–water partition coefficient (Wildman–Crippen LogP) is 2.72. The van der Waals surface area contributed by atoms with Gasteiger partial charge in [-0.25, -0.2) is 0 Å². The molecule has 1 aromatic carbocycles. The zero-order valence-corrected chi connectivity index (χ0v) is 10.3. The van der Waals surface area contributed by atoms with Gasteiger partial charge >= 0.3 is 0 Å². The zero-order valence-electron chi connectivity index (χ0n) is 10.3. The summed E-state index contributed by atoms with van der Waals surface area (Å²) in [5, 5.41) is 11.0. The second-order valence-corrected chi connectivity index (χ2v) is 4.62. The van der Waals surface area contributed by atoms with E-state index in [0.29, 0.717) is 5.69 Å². The van der Waals surface area contributed by atoms with Gasteiger partial charge in [0.25, 0.3) is 0 Å². The molecule has 0 radical (unpaired) electrons. The molecule has 0 fully saturated rings. The number of carbonyl (C=O) groups is 1. The van der Waals surface area contributed by atoms with Crippen LogP contribution in [-0.2, 0) is 4.79 Å². The van der Waals surface area contributed by atoms with Crippen molar-refractivity contribution >= 4 is 11.6 Å². The summed E-state index contributed by atoms with van der Waals surface area (Å²) in [6.07, 6.45) is -0.139. The van der Waals surface area contributed by atoms with E-state index >= 15 is 0 Å². The molecule has 0 unspecified atom stereocenters. The molecular weight excluding hydrogens is 216 g/mol. The molecule has 17 heavy (non-hydrogen) atoms. The number of hydrogen-bond acceptors (Lipinski definition) is 3. The summed E-state index contributed by atoms with van der Waals surface area (Å²) in [4.78, 5) is 11.2. The number of benzene rings is 1. The molecule has 0 saturated heterocycles. The third kappa shape index (κ3) is 5.03. The smallest absolute Gasteiger partial charge is 0.238 e. The van der Waals surface area contributed by atoms with Crippen molar-refractivity contribution in [3.63, 3.8) is 0 Å². The molecule has 1 amide bonds. The Morgan fingerprint density at radius 3 is 2.41 bits per heavy atom. The predicted molar refractivity (Wildman–Crippen MR) is 65.7 cm³/mol. The highest BCUT2D eigenvalue weighted by molar-refractivity contribution is 5.92. The summed E-state index contributed by atoms with van der Waals surface area (Å²) in [6, 6.07) is 8.86. The summed E-state index contributed by atoms with van der Waals surface area (Å²) < 4.78 is 5.64. The van der Waals surface area contributed by atoms with Crippen LogP contribution in [0.1, 0.15) is 27.2 Å². The molecule has 90 valence electrons. The molecule has 4 heteroatoms. The number of nitriles is 1. The minimum Gasteiger partial charge on any atom is -0.488 e. The van der Waals surface area contributed by atoms with Crippen LogP contribution in [0.2, 0.25) is 0 Å². The minimum atomic E-state index is -0.308. The van der Waals surface area contributed by atoms with Crippen LogP contribution < -0.4 is 10.1 Å². The average Bonchev–Trinajstić information content (AvgIpc) is 2.19. The van der Waals surface area contributed by atoms with E-state index in [0.717, 1.165) is 5.75 Å². The van der Waals surface area contributed by atoms with Gasteiger partial charge in [-0.3, -0.25) is 4.79 Å². The van der Waals surface area contributed by atoms with E-state index in [1.54, 1.807) is 30.3 Å². The van der Waals surface area contributed by atoms with Crippen molar-refractivity contribution in [2.75, 3.05) is 5.32 Å². The van der Waals surface area contributed by atoms with Crippen LogP contribution in [-0.4, -0.2) is 11.5 Å². The summed E-state index contributed by atoms with van der Waals surface area (Å²) in [7, 11) is 0. The van der Waals surface area contributed by atoms with Crippen LogP contribution in [0.15, 0.2) is 24.3 Å². The average molecular weight is 232 g/mol. The van der Waals surface area contributed by atoms with Crippen molar-refractivity contribution in [2.45, 2.75) is 32.8 Å². The molecule has 0 aliphatic rings. The van der Waals surface area contributed by atoms with E-state index in [9.17, 15) is 4.79 Å². The first-order valence-electron chi connectivity index (χ1n) is 5.36. The second-order valence-electron chi connectivity index (χ2n) is 4.62. The van der Waals surface area contributed by atoms with Gasteiger partial charge in [0.1, 0.15) is 17.8 Å². The summed E-state index contributed by atoms with van der Waals surface area (Å²) in [5.41, 5.74) is 0.414. The molecule has 0 saturated carbocycles. The van der Waals surface area contributed by atoms with Gasteiger partial charge in [0.05, 0.1) is 6.07 Å². The second kappa shape index (κ2) is 5.35. The largest absolute Gasteiger partial charge is 0.488 e. The Morgan fingerprint density at radius 2 is 1.94 bits per heavy atom. The topological polar surface area (TPSA) is 62.1 Å². The lowest BCUT2D eigenvalue weighted by Gasteiger charge is -2.21. The molecule has 1 rings (SSSR count). The van der Waals surface area contributed by atoms with Crippen LogP contribution in [0.3, 0.4) is 0 Å². The first-order valence-corrected chi connectivity index (χ1v) is 5.36. The summed E-state index contributed by atoms with van der Waals surface area (Å²) in [6.45, 7) is 5.90. The van der Waals surface area contributed by atoms with Gasteiger partial charge in [-0.05, 0) is 45.0 Å². The van der Waals surface area contributed by atoms with Crippen molar-refractivity contribution in [3.8, 4) is 11.8 Å². The SMILES string of the molecule is CC(C)(C)Oc1ccc(NC(=O)CC#N)cc1. The molecule has 0 aliphatic carbocycles. The van der Waals surface area contributed by atoms with E-state index in [-0.39, 0.29) is 17.9 Å². The van der Waals surface area contributed by atoms with Crippen molar-refractivity contribution in [1.29, 1.82) is 5.26 Å². The molecular formula is C13H16N2O2. The Morgan fingerprint density at radius 1 is 1.35 bits per heavy atom. The van der Waals surface area contributed by atoms with Gasteiger partial charge in [0.2, 0.25) is 5.91 Å². The Balaban J connectivity index is 2.63. The van der Waals surface area contributed by atoms with Crippen LogP contribution in [0.5, 0.6) is 5.75 Å². The number of nitrogens with zero attached hydrogens (tertiary/aromatic N) is 1. The molecule has 0 aromatic heterocycles. The van der Waals surface area contributed by atoms with E-state index < -0.39 is 0 Å². The lowest BCUT2D eigenvalue weighted by Crippen LogP contribution is -2.22. The highest BCUT2D eigenvalue weighted by atomic mass is 16.5. The minimum absolute atomic E-state index is 0.139. The highest BCUT2D eigenvalue weighted by Gasteiger charge is 2.11. The standard InChI is InChI=1S/C13H16N2O2/c1-13(2,3)17-11-6-4-10(5-7-11)15-12(16)8-9-14/h4-7H,8H2,1-3H3,(H,15,16). The van der Waals surface area contributed by atoms with Gasteiger partial charge in [0, 0.05) is 5.69 Å². The number of hydrogen-bond donors (Lipinski definition) is 1. The monoisotopic (exact) mass is 232 g/mol. The molecule has 1 aromatic rings. The van der Waals surface area contributed by atoms with Crippen molar-refractivity contribution in [3.05, 3.63) is 24.3 Å². The third-order valence-electron chi connectivity index (χ3n) is 1.80. The van der Waals surface area contributed by atoms with Crippen LogP contribution in [0, 0.1) is 11.3 Å². The van der Waals surface area contributed by atoms with E-state index in [1.807, 2.05) is 20.8 Å². The lowest BCUT2D eigenvalue weighted by atomic mass is 10.2. The highest BCUT2D eigenvalue weighted by Crippen LogP contribution is 2.20.